The Labute approximate surface area is 329 Å². The number of aliphatic imine (C=N–C) groups is 3. The Morgan fingerprint density at radius 1 is 0.618 bits per heavy atom. The number of benzene rings is 2. The van der Waals surface area contributed by atoms with Crippen LogP contribution >= 0.6 is 0 Å². The average molecular weight is 769 g/mol. The molecule has 7 rings (SSSR count). The van der Waals surface area contributed by atoms with Gasteiger partial charge in [0.05, 0.1) is 60.3 Å². The van der Waals surface area contributed by atoms with E-state index in [1.807, 2.05) is 65.6 Å². The molecule has 2 aromatic heterocycles. The van der Waals surface area contributed by atoms with Gasteiger partial charge in [-0.3, -0.25) is 24.5 Å². The average Bonchev–Trinajstić information content (AvgIpc) is 3.19. The largest absolute Gasteiger partial charge is 0.369 e. The number of amidine groups is 1. The molecule has 2 aromatic carbocycles. The first-order valence-electron chi connectivity index (χ1n) is 17.4. The Morgan fingerprint density at radius 3 is 1.51 bits per heavy atom. The van der Waals surface area contributed by atoms with Gasteiger partial charge in [0.2, 0.25) is 11.6 Å². The SMILES string of the molecule is N#CCCN(C1=NCC1)c1ccc(N=C2C=CC(=O)c3ncccc32)cc1.N#CCCN(CCC#N)c1ccc(N=C2C=CC(=O)c3ncccc32)cc1.[Ni]. The Kier molecular flexibility index (Phi) is 13.8. The first kappa shape index (κ1) is 39.3. The molecule has 0 saturated carbocycles. The summed E-state index contributed by atoms with van der Waals surface area (Å²) >= 11 is 0. The maximum absolute atomic E-state index is 11.9. The summed E-state index contributed by atoms with van der Waals surface area (Å²) in [7, 11) is 0. The van der Waals surface area contributed by atoms with Crippen LogP contribution in [0.25, 0.3) is 0 Å². The molecule has 0 fully saturated rings. The van der Waals surface area contributed by atoms with Crippen molar-refractivity contribution in [3.63, 3.8) is 0 Å². The summed E-state index contributed by atoms with van der Waals surface area (Å²) < 4.78 is 0. The molecule has 0 atom stereocenters. The van der Waals surface area contributed by atoms with Crippen LogP contribution in [0.1, 0.15) is 57.8 Å². The van der Waals surface area contributed by atoms with Crippen molar-refractivity contribution in [2.75, 3.05) is 36.0 Å². The monoisotopic (exact) mass is 768 g/mol. The Balaban J connectivity index is 0.000000207. The fourth-order valence-corrected chi connectivity index (χ4v) is 5.92. The molecule has 12 nitrogen and oxygen atoms in total. The summed E-state index contributed by atoms with van der Waals surface area (Å²) in [6.07, 6.45) is 11.8. The Morgan fingerprint density at radius 2 is 1.07 bits per heavy atom. The molecule has 0 unspecified atom stereocenters. The zero-order valence-corrected chi connectivity index (χ0v) is 30.6. The molecule has 13 heteroatoms. The molecule has 0 bridgehead atoms. The van der Waals surface area contributed by atoms with Crippen LogP contribution in [-0.4, -0.2) is 65.0 Å². The van der Waals surface area contributed by atoms with Crippen LogP contribution in [0.3, 0.4) is 0 Å². The molecule has 55 heavy (non-hydrogen) atoms. The van der Waals surface area contributed by atoms with Gasteiger partial charge in [-0.1, -0.05) is 0 Å². The molecule has 0 radical (unpaired) electrons. The Hall–Kier alpha value is -6.87. The third-order valence-corrected chi connectivity index (χ3v) is 8.67. The number of allylic oxidation sites excluding steroid dienone is 4. The number of nitrogens with zero attached hydrogens (tertiary/aromatic N) is 10. The van der Waals surface area contributed by atoms with Gasteiger partial charge in [-0.2, -0.15) is 15.8 Å². The van der Waals surface area contributed by atoms with Gasteiger partial charge in [-0.25, -0.2) is 9.98 Å². The molecule has 0 amide bonds. The molecular weight excluding hydrogens is 735 g/mol. The van der Waals surface area contributed by atoms with Crippen molar-refractivity contribution in [3.8, 4) is 18.2 Å². The number of ketones is 2. The number of fused-ring (bicyclic) bond motifs is 2. The van der Waals surface area contributed by atoms with Crippen LogP contribution in [0.2, 0.25) is 0 Å². The van der Waals surface area contributed by atoms with E-state index in [9.17, 15) is 9.59 Å². The maximum Gasteiger partial charge on any atom is 0.204 e. The third kappa shape index (κ3) is 9.77. The third-order valence-electron chi connectivity index (χ3n) is 8.67. The summed E-state index contributed by atoms with van der Waals surface area (Å²) in [5, 5.41) is 26.5. The summed E-state index contributed by atoms with van der Waals surface area (Å²) in [6.45, 7) is 2.64. The van der Waals surface area contributed by atoms with Crippen LogP contribution in [0.15, 0.2) is 124 Å². The van der Waals surface area contributed by atoms with E-state index >= 15 is 0 Å². The molecule has 0 saturated heterocycles. The second-order valence-corrected chi connectivity index (χ2v) is 12.1. The zero-order valence-electron chi connectivity index (χ0n) is 29.7. The number of hydrogen-bond donors (Lipinski definition) is 0. The molecule has 3 heterocycles. The summed E-state index contributed by atoms with van der Waals surface area (Å²) in [5.41, 5.74) is 7.21. The van der Waals surface area contributed by atoms with Gasteiger partial charge in [-0.05, 0) is 97.1 Å². The van der Waals surface area contributed by atoms with Crippen molar-refractivity contribution in [2.45, 2.75) is 25.7 Å². The first-order chi connectivity index (χ1) is 26.5. The minimum atomic E-state index is -0.120. The van der Waals surface area contributed by atoms with Crippen molar-refractivity contribution >= 4 is 51.6 Å². The normalized spacial score (nSPS) is 14.7. The van der Waals surface area contributed by atoms with E-state index in [0.29, 0.717) is 56.0 Å². The minimum absolute atomic E-state index is 0. The van der Waals surface area contributed by atoms with E-state index in [2.05, 4.69) is 48.1 Å². The van der Waals surface area contributed by atoms with Crippen LogP contribution in [0, 0.1) is 34.0 Å². The molecule has 0 N–H and O–H groups in total. The van der Waals surface area contributed by atoms with Crippen molar-refractivity contribution in [3.05, 3.63) is 132 Å². The molecule has 0 spiro atoms. The van der Waals surface area contributed by atoms with Crippen LogP contribution in [-0.2, 0) is 16.5 Å². The van der Waals surface area contributed by atoms with Gasteiger partial charge >= 0.3 is 0 Å². The smallest absolute Gasteiger partial charge is 0.204 e. The second-order valence-electron chi connectivity index (χ2n) is 12.1. The summed E-state index contributed by atoms with van der Waals surface area (Å²) in [5.74, 6) is 0.804. The van der Waals surface area contributed by atoms with E-state index in [-0.39, 0.29) is 28.1 Å². The van der Waals surface area contributed by atoms with Crippen molar-refractivity contribution in [1.82, 2.24) is 9.97 Å². The standard InChI is InChI=1S/2C21H17N5O.Ni/c22-11-2-14-26(20-10-13-23-20)16-6-4-15(5-7-16)25-18-8-9-19(27)21-17(18)3-1-12-24-21;22-11-2-14-26(15-3-12-23)17-7-5-16(6-8-17)25-19-9-10-20(27)21-18(19)4-1-13-24-21;/h1,3-9,12H,2,10,13-14H2;1,4-10,13H,2-3,14-15H2;. The van der Waals surface area contributed by atoms with Gasteiger partial charge in [-0.15, -0.1) is 0 Å². The van der Waals surface area contributed by atoms with Crippen LogP contribution in [0.5, 0.6) is 0 Å². The fraction of sp³-hybridized carbons (Fsp3) is 0.190. The number of hydrogen-bond acceptors (Lipinski definition) is 12. The molecule has 274 valence electrons. The fourth-order valence-electron chi connectivity index (χ4n) is 5.92. The number of aromatic nitrogens is 2. The van der Waals surface area contributed by atoms with E-state index in [1.165, 1.54) is 12.2 Å². The number of pyridine rings is 2. The predicted molar refractivity (Wildman–Crippen MR) is 208 cm³/mol. The van der Waals surface area contributed by atoms with Crippen molar-refractivity contribution in [2.24, 2.45) is 15.0 Å². The second kappa shape index (κ2) is 19.3. The van der Waals surface area contributed by atoms with E-state index in [4.69, 9.17) is 15.8 Å². The summed E-state index contributed by atoms with van der Waals surface area (Å²) in [4.78, 5) is 50.0. The Bertz CT molecular complexity index is 2310. The number of anilines is 2. The van der Waals surface area contributed by atoms with Gasteiger partial charge in [0.15, 0.2) is 0 Å². The van der Waals surface area contributed by atoms with E-state index in [1.54, 1.807) is 36.7 Å². The van der Waals surface area contributed by atoms with Gasteiger partial charge in [0.1, 0.15) is 17.2 Å². The van der Waals surface area contributed by atoms with Crippen LogP contribution < -0.4 is 9.80 Å². The molecule has 3 aliphatic rings. The van der Waals surface area contributed by atoms with Crippen LogP contribution in [0.4, 0.5) is 22.7 Å². The topological polar surface area (TPSA) is 175 Å². The number of rotatable bonds is 10. The molecular formula is C42H34N10NiO2. The minimum Gasteiger partial charge on any atom is -0.369 e. The van der Waals surface area contributed by atoms with Crippen molar-refractivity contribution in [1.29, 1.82) is 15.8 Å². The zero-order chi connectivity index (χ0) is 37.7. The van der Waals surface area contributed by atoms with Crippen molar-refractivity contribution < 1.29 is 26.1 Å². The quantitative estimate of drug-likeness (QED) is 0.153. The maximum atomic E-state index is 11.9. The van der Waals surface area contributed by atoms with Gasteiger partial charge in [0.25, 0.3) is 0 Å². The van der Waals surface area contributed by atoms with Gasteiger partial charge in [0, 0.05) is 84.0 Å². The van der Waals surface area contributed by atoms with Gasteiger partial charge < -0.3 is 9.80 Å². The first-order valence-corrected chi connectivity index (χ1v) is 17.4. The predicted octanol–water partition coefficient (Wildman–Crippen LogP) is 7.06. The number of nitriles is 3. The molecule has 2 aliphatic carbocycles. The van der Waals surface area contributed by atoms with E-state index < -0.39 is 0 Å². The summed E-state index contributed by atoms with van der Waals surface area (Å²) in [6, 6.07) is 29.2. The van der Waals surface area contributed by atoms with E-state index in [0.717, 1.165) is 58.4 Å². The number of carbonyl (C=O) groups excluding carboxylic acids is 2. The molecule has 1 aliphatic heterocycles. The number of carbonyl (C=O) groups is 2. The molecule has 4 aromatic rings.